The Morgan fingerprint density at radius 1 is 1.18 bits per heavy atom. The Balaban J connectivity index is 5.31. The third-order valence-corrected chi connectivity index (χ3v) is 3.64. The van der Waals surface area contributed by atoms with Crippen LogP contribution in [0.4, 0.5) is 0 Å². The molecule has 0 aliphatic carbocycles. The molecule has 0 heterocycles. The highest BCUT2D eigenvalue weighted by atomic mass is 32.1. The number of thiol groups is 1. The number of amides is 1. The molecule has 22 heavy (non-hydrogen) atoms. The molecule has 11 heteroatoms. The fourth-order valence-electron chi connectivity index (χ4n) is 1.61. The van der Waals surface area contributed by atoms with Gasteiger partial charge in [-0.05, 0) is 0 Å². The van der Waals surface area contributed by atoms with Crippen molar-refractivity contribution >= 4 is 41.7 Å². The van der Waals surface area contributed by atoms with Gasteiger partial charge in [0.1, 0.15) is 35.4 Å². The lowest BCUT2D eigenvalue weighted by Gasteiger charge is -2.33. The smallest absolute Gasteiger partial charge is 0.327 e. The zero-order valence-corrected chi connectivity index (χ0v) is 13.3. The van der Waals surface area contributed by atoms with Gasteiger partial charge in [0.2, 0.25) is 5.91 Å². The topological polar surface area (TPSA) is 159 Å². The zero-order chi connectivity index (χ0) is 17.6. The van der Waals surface area contributed by atoms with Crippen LogP contribution in [-0.4, -0.2) is 95.2 Å². The van der Waals surface area contributed by atoms with Crippen molar-refractivity contribution in [3.8, 4) is 0 Å². The average molecular weight is 357 g/mol. The fraction of sp³-hybridized carbons (Fsp3) is 0.727. The Kier molecular flexibility index (Phi) is 9.00. The highest BCUT2D eigenvalue weighted by Crippen LogP contribution is 2.13. The summed E-state index contributed by atoms with van der Waals surface area (Å²) in [5.41, 5.74) is 0. The van der Waals surface area contributed by atoms with E-state index in [-0.39, 0.29) is 5.75 Å². The first-order chi connectivity index (χ1) is 10.1. The fourth-order valence-corrected chi connectivity index (χ4v) is 2.32. The molecular formula is C11H19NO8S2. The van der Waals surface area contributed by atoms with Crippen LogP contribution in [0.3, 0.4) is 0 Å². The minimum Gasteiger partial charge on any atom is -0.480 e. The van der Waals surface area contributed by atoms with Gasteiger partial charge in [0.15, 0.2) is 0 Å². The summed E-state index contributed by atoms with van der Waals surface area (Å²) < 4.78 is 0. The second kappa shape index (κ2) is 9.35. The normalized spacial score (nSPS) is 18.0. The maximum Gasteiger partial charge on any atom is 0.327 e. The Labute approximate surface area is 137 Å². The molecule has 0 saturated heterocycles. The third kappa shape index (κ3) is 5.12. The molecule has 0 fully saturated rings. The van der Waals surface area contributed by atoms with Gasteiger partial charge in [0.05, 0.1) is 6.61 Å². The number of carboxylic acids is 1. The van der Waals surface area contributed by atoms with Gasteiger partial charge < -0.3 is 30.6 Å². The van der Waals surface area contributed by atoms with E-state index in [9.17, 15) is 30.0 Å². The molecule has 5 atom stereocenters. The zero-order valence-electron chi connectivity index (χ0n) is 11.6. The van der Waals surface area contributed by atoms with E-state index in [4.69, 9.17) is 22.4 Å². The Morgan fingerprint density at radius 3 is 2.00 bits per heavy atom. The van der Waals surface area contributed by atoms with E-state index < -0.39 is 53.9 Å². The standard InChI is InChI=1S/C11H19NO8S2/c1-4(14)12(5(3-21)11(19)20)10(22)9(18)8(17)7(16)6(15)2-13/h5-9,13,15-18,21H,2-3H2,1H3,(H,19,20)/t5-,6+,7+,8-,9+/m0/s1. The first-order valence-corrected chi connectivity index (χ1v) is 7.14. The quantitative estimate of drug-likeness (QED) is 0.177. The Bertz CT molecular complexity index is 421. The summed E-state index contributed by atoms with van der Waals surface area (Å²) in [5.74, 6) is -2.54. The lowest BCUT2D eigenvalue weighted by atomic mass is 10.0. The number of thiocarbonyl (C=S) groups is 1. The first kappa shape index (κ1) is 21.2. The summed E-state index contributed by atoms with van der Waals surface area (Å²) in [6, 6.07) is -1.48. The van der Waals surface area contributed by atoms with Gasteiger partial charge in [0.25, 0.3) is 0 Å². The second-order valence-corrected chi connectivity index (χ2v) is 5.22. The van der Waals surface area contributed by atoms with E-state index in [1.54, 1.807) is 0 Å². The number of aliphatic hydroxyl groups excluding tert-OH is 5. The summed E-state index contributed by atoms with van der Waals surface area (Å²) in [4.78, 5) is 22.6. The first-order valence-electron chi connectivity index (χ1n) is 6.10. The average Bonchev–Trinajstić information content (AvgIpc) is 2.47. The SMILES string of the molecule is CC(=O)N(C(=S)[C@H](O)[C@@H](O)[C@H](O)[C@H](O)CO)[C@@H](CS)C(=O)O. The molecule has 0 saturated carbocycles. The van der Waals surface area contributed by atoms with Crippen LogP contribution in [0.25, 0.3) is 0 Å². The van der Waals surface area contributed by atoms with Gasteiger partial charge in [-0.2, -0.15) is 12.6 Å². The molecule has 0 radical (unpaired) electrons. The van der Waals surface area contributed by atoms with E-state index in [1.165, 1.54) is 0 Å². The number of carboxylic acid groups (broad SMARTS) is 1. The molecule has 1 amide bonds. The molecule has 0 rings (SSSR count). The maximum absolute atomic E-state index is 11.6. The predicted molar refractivity (Wildman–Crippen MR) is 81.5 cm³/mol. The number of hydrogen-bond donors (Lipinski definition) is 7. The maximum atomic E-state index is 11.6. The van der Waals surface area contributed by atoms with Crippen LogP contribution in [-0.2, 0) is 9.59 Å². The van der Waals surface area contributed by atoms with Crippen LogP contribution in [0.15, 0.2) is 0 Å². The predicted octanol–water partition coefficient (Wildman–Crippen LogP) is -3.02. The van der Waals surface area contributed by atoms with Gasteiger partial charge in [-0.15, -0.1) is 0 Å². The highest BCUT2D eigenvalue weighted by molar-refractivity contribution is 7.80. The number of carbonyl (C=O) groups is 2. The number of carbonyl (C=O) groups excluding carboxylic acids is 1. The van der Waals surface area contributed by atoms with E-state index in [1.807, 2.05) is 0 Å². The molecule has 0 aromatic rings. The number of hydrogen-bond acceptors (Lipinski definition) is 9. The van der Waals surface area contributed by atoms with Crippen molar-refractivity contribution < 1.29 is 40.2 Å². The van der Waals surface area contributed by atoms with E-state index in [0.717, 1.165) is 6.92 Å². The van der Waals surface area contributed by atoms with Crippen molar-refractivity contribution in [1.29, 1.82) is 0 Å². The van der Waals surface area contributed by atoms with Crippen molar-refractivity contribution in [1.82, 2.24) is 4.90 Å². The summed E-state index contributed by atoms with van der Waals surface area (Å²) in [6.45, 7) is 0.117. The van der Waals surface area contributed by atoms with Crippen LogP contribution in [0, 0.1) is 0 Å². The molecule has 0 aliphatic heterocycles. The van der Waals surface area contributed by atoms with Crippen molar-refractivity contribution in [3.63, 3.8) is 0 Å². The molecule has 9 nitrogen and oxygen atoms in total. The molecule has 0 unspecified atom stereocenters. The van der Waals surface area contributed by atoms with Gasteiger partial charge in [0, 0.05) is 12.7 Å². The third-order valence-electron chi connectivity index (χ3n) is 2.85. The lowest BCUT2D eigenvalue weighted by Crippen LogP contribution is -2.57. The van der Waals surface area contributed by atoms with Crippen LogP contribution in [0.2, 0.25) is 0 Å². The van der Waals surface area contributed by atoms with Crippen LogP contribution in [0.1, 0.15) is 6.92 Å². The Hall–Kier alpha value is -0.820. The van der Waals surface area contributed by atoms with Crippen LogP contribution in [0.5, 0.6) is 0 Å². The number of aliphatic hydroxyl groups is 5. The molecular weight excluding hydrogens is 338 g/mol. The number of nitrogens with zero attached hydrogens (tertiary/aromatic N) is 1. The van der Waals surface area contributed by atoms with E-state index in [2.05, 4.69) is 12.6 Å². The van der Waals surface area contributed by atoms with Gasteiger partial charge >= 0.3 is 5.97 Å². The van der Waals surface area contributed by atoms with Crippen molar-refractivity contribution in [2.24, 2.45) is 0 Å². The molecule has 0 aromatic heterocycles. The van der Waals surface area contributed by atoms with Crippen LogP contribution >= 0.6 is 24.8 Å². The molecule has 0 aliphatic rings. The summed E-state index contributed by atoms with van der Waals surface area (Å²) in [5, 5.41) is 56.1. The minimum absolute atomic E-state index is 0.306. The monoisotopic (exact) mass is 357 g/mol. The van der Waals surface area contributed by atoms with E-state index >= 15 is 0 Å². The molecule has 0 spiro atoms. The lowest BCUT2D eigenvalue weighted by molar-refractivity contribution is -0.145. The molecule has 6 N–H and O–H groups in total. The minimum atomic E-state index is -2.04. The summed E-state index contributed by atoms with van der Waals surface area (Å²) >= 11 is 8.59. The van der Waals surface area contributed by atoms with Crippen molar-refractivity contribution in [2.75, 3.05) is 12.4 Å². The van der Waals surface area contributed by atoms with E-state index in [0.29, 0.717) is 4.90 Å². The van der Waals surface area contributed by atoms with Crippen LogP contribution < -0.4 is 0 Å². The largest absolute Gasteiger partial charge is 0.480 e. The molecule has 0 bridgehead atoms. The van der Waals surface area contributed by atoms with Crippen molar-refractivity contribution in [2.45, 2.75) is 37.4 Å². The number of aliphatic carboxylic acids is 1. The number of rotatable bonds is 8. The summed E-state index contributed by atoms with van der Waals surface area (Å²) in [7, 11) is 0. The van der Waals surface area contributed by atoms with Gasteiger partial charge in [-0.3, -0.25) is 9.69 Å². The second-order valence-electron chi connectivity index (χ2n) is 4.44. The van der Waals surface area contributed by atoms with Crippen molar-refractivity contribution in [3.05, 3.63) is 0 Å². The highest BCUT2D eigenvalue weighted by Gasteiger charge is 2.38. The molecule has 0 aromatic carbocycles. The van der Waals surface area contributed by atoms with Gasteiger partial charge in [-0.25, -0.2) is 4.79 Å². The summed E-state index contributed by atoms with van der Waals surface area (Å²) in [6.07, 6.45) is -7.76. The van der Waals surface area contributed by atoms with Gasteiger partial charge in [-0.1, -0.05) is 12.2 Å². The molecule has 128 valence electrons. The Morgan fingerprint density at radius 2 is 1.68 bits per heavy atom.